The lowest BCUT2D eigenvalue weighted by Gasteiger charge is -2.10. The number of hydrogen-bond acceptors (Lipinski definition) is 7. The van der Waals surface area contributed by atoms with Crippen LogP contribution in [-0.4, -0.2) is 31.4 Å². The lowest BCUT2D eigenvalue weighted by Crippen LogP contribution is -2.15. The van der Waals surface area contributed by atoms with Crippen LogP contribution in [0.25, 0.3) is 11.3 Å². The van der Waals surface area contributed by atoms with E-state index in [-0.39, 0.29) is 18.3 Å². The van der Waals surface area contributed by atoms with Crippen LogP contribution in [-0.2, 0) is 17.9 Å². The first kappa shape index (κ1) is 25.2. The van der Waals surface area contributed by atoms with Gasteiger partial charge in [0.05, 0.1) is 11.4 Å². The van der Waals surface area contributed by atoms with E-state index in [0.29, 0.717) is 38.5 Å². The maximum atomic E-state index is 12.5. The number of benzene rings is 2. The number of ether oxygens (including phenoxy) is 1. The number of carbonyl (C=O) groups excluding carboxylic acids is 1. The molecule has 11 heteroatoms. The van der Waals surface area contributed by atoms with Crippen molar-refractivity contribution in [3.8, 4) is 17.0 Å². The number of aryl methyl sites for hydroxylation is 1. The van der Waals surface area contributed by atoms with Crippen molar-refractivity contribution < 1.29 is 9.53 Å². The summed E-state index contributed by atoms with van der Waals surface area (Å²) < 4.78 is 7.73. The Morgan fingerprint density at radius 2 is 2.03 bits per heavy atom. The third-order valence-electron chi connectivity index (χ3n) is 4.83. The van der Waals surface area contributed by atoms with Crippen molar-refractivity contribution in [3.63, 3.8) is 0 Å². The van der Waals surface area contributed by atoms with Crippen molar-refractivity contribution in [2.75, 3.05) is 11.1 Å². The Hall–Kier alpha value is -2.85. The van der Waals surface area contributed by atoms with Crippen LogP contribution >= 0.6 is 46.3 Å². The number of halogens is 2. The lowest BCUT2D eigenvalue weighted by atomic mass is 10.2. The summed E-state index contributed by atoms with van der Waals surface area (Å²) >= 11 is 14.7. The van der Waals surface area contributed by atoms with Gasteiger partial charge in [0.2, 0.25) is 5.91 Å². The Morgan fingerprint density at radius 1 is 1.23 bits per heavy atom. The van der Waals surface area contributed by atoms with Crippen LogP contribution in [0.3, 0.4) is 0 Å². The molecule has 0 bridgehead atoms. The van der Waals surface area contributed by atoms with E-state index >= 15 is 0 Å². The molecule has 2 aromatic carbocycles. The molecule has 7 nitrogen and oxygen atoms in total. The molecule has 0 saturated carbocycles. The Balaban J connectivity index is 1.35. The molecule has 2 heterocycles. The van der Waals surface area contributed by atoms with Gasteiger partial charge in [0.25, 0.3) is 0 Å². The summed E-state index contributed by atoms with van der Waals surface area (Å²) in [5.41, 5.74) is 2.64. The molecule has 0 unspecified atom stereocenters. The Labute approximate surface area is 221 Å². The largest absolute Gasteiger partial charge is 0.486 e. The molecule has 0 aliphatic heterocycles. The van der Waals surface area contributed by atoms with Gasteiger partial charge in [-0.3, -0.25) is 9.36 Å². The van der Waals surface area contributed by atoms with E-state index in [9.17, 15) is 4.79 Å². The highest BCUT2D eigenvalue weighted by atomic mass is 35.5. The average molecular weight is 547 g/mol. The third kappa shape index (κ3) is 6.64. The van der Waals surface area contributed by atoms with Crippen LogP contribution in [0.15, 0.2) is 65.7 Å². The van der Waals surface area contributed by atoms with Crippen molar-refractivity contribution in [2.24, 2.45) is 0 Å². The SMILES string of the molecule is C=CCn1c(COc2ccc(Cl)c(C)c2)nnc1SCC(=O)Nc1nc(-c2ccc(Cl)cc2)cs1. The Kier molecular flexibility index (Phi) is 8.46. The first-order valence-corrected chi connectivity index (χ1v) is 13.1. The molecule has 0 saturated heterocycles. The van der Waals surface area contributed by atoms with Crippen molar-refractivity contribution in [1.82, 2.24) is 19.7 Å². The topological polar surface area (TPSA) is 81.9 Å². The van der Waals surface area contributed by atoms with E-state index in [1.807, 2.05) is 35.1 Å². The van der Waals surface area contributed by atoms with Gasteiger partial charge in [0, 0.05) is 27.5 Å². The molecule has 1 amide bonds. The minimum atomic E-state index is -0.186. The summed E-state index contributed by atoms with van der Waals surface area (Å²) in [6.45, 7) is 6.44. The summed E-state index contributed by atoms with van der Waals surface area (Å²) in [7, 11) is 0. The van der Waals surface area contributed by atoms with E-state index in [4.69, 9.17) is 27.9 Å². The second-order valence-electron chi connectivity index (χ2n) is 7.38. The molecule has 0 radical (unpaired) electrons. The maximum absolute atomic E-state index is 12.5. The molecule has 4 aromatic rings. The Bertz CT molecular complexity index is 1340. The summed E-state index contributed by atoms with van der Waals surface area (Å²) in [5.74, 6) is 1.29. The van der Waals surface area contributed by atoms with Gasteiger partial charge in [-0.1, -0.05) is 53.2 Å². The lowest BCUT2D eigenvalue weighted by molar-refractivity contribution is -0.113. The standard InChI is InChI=1S/C24H21Cl2N5O2S2/c1-3-10-31-21(12-33-18-8-9-19(26)15(2)11-18)29-30-24(31)35-14-22(32)28-23-27-20(13-34-23)16-4-6-17(25)7-5-16/h3-9,11,13H,1,10,12,14H2,2H3,(H,27,28,32). The van der Waals surface area contributed by atoms with Crippen LogP contribution in [0, 0.1) is 6.92 Å². The predicted molar refractivity (Wildman–Crippen MR) is 143 cm³/mol. The number of anilines is 1. The van der Waals surface area contributed by atoms with Crippen molar-refractivity contribution in [2.45, 2.75) is 25.2 Å². The smallest absolute Gasteiger partial charge is 0.236 e. The third-order valence-corrected chi connectivity index (χ3v) is 7.23. The molecule has 4 rings (SSSR count). The highest BCUT2D eigenvalue weighted by Gasteiger charge is 2.15. The van der Waals surface area contributed by atoms with Crippen molar-refractivity contribution >= 4 is 57.3 Å². The number of carbonyl (C=O) groups is 1. The van der Waals surface area contributed by atoms with Crippen LogP contribution < -0.4 is 10.1 Å². The van der Waals surface area contributed by atoms with Gasteiger partial charge in [-0.15, -0.1) is 28.1 Å². The summed E-state index contributed by atoms with van der Waals surface area (Å²) in [4.78, 5) is 17.0. The van der Waals surface area contributed by atoms with Gasteiger partial charge in [0.1, 0.15) is 12.4 Å². The summed E-state index contributed by atoms with van der Waals surface area (Å²) in [6.07, 6.45) is 1.75. The molecule has 180 valence electrons. The number of amides is 1. The van der Waals surface area contributed by atoms with Gasteiger partial charge in [-0.05, 0) is 42.8 Å². The summed E-state index contributed by atoms with van der Waals surface area (Å²) in [6, 6.07) is 12.9. The number of allylic oxidation sites excluding steroid dienone is 1. The molecule has 0 atom stereocenters. The minimum absolute atomic E-state index is 0.155. The molecular formula is C24H21Cl2N5O2S2. The fourth-order valence-electron chi connectivity index (χ4n) is 3.07. The molecule has 0 fully saturated rings. The van der Waals surface area contributed by atoms with Gasteiger partial charge >= 0.3 is 0 Å². The first-order chi connectivity index (χ1) is 16.9. The fourth-order valence-corrected chi connectivity index (χ4v) is 4.82. The molecule has 2 aromatic heterocycles. The number of thioether (sulfide) groups is 1. The van der Waals surface area contributed by atoms with Crippen LogP contribution in [0.2, 0.25) is 10.0 Å². The number of aromatic nitrogens is 4. The molecule has 1 N–H and O–H groups in total. The number of thiazole rings is 1. The predicted octanol–water partition coefficient (Wildman–Crippen LogP) is 6.51. The first-order valence-electron chi connectivity index (χ1n) is 10.5. The summed E-state index contributed by atoms with van der Waals surface area (Å²) in [5, 5.41) is 15.7. The van der Waals surface area contributed by atoms with Crippen molar-refractivity contribution in [1.29, 1.82) is 0 Å². The quantitative estimate of drug-likeness (QED) is 0.180. The monoisotopic (exact) mass is 545 g/mol. The van der Waals surface area contributed by atoms with E-state index < -0.39 is 0 Å². The molecule has 0 aliphatic rings. The molecule has 0 spiro atoms. The number of nitrogens with zero attached hydrogens (tertiary/aromatic N) is 4. The zero-order valence-corrected chi connectivity index (χ0v) is 21.8. The van der Waals surface area contributed by atoms with Crippen LogP contribution in [0.5, 0.6) is 5.75 Å². The van der Waals surface area contributed by atoms with E-state index in [0.717, 1.165) is 16.8 Å². The van der Waals surface area contributed by atoms with Gasteiger partial charge in [-0.25, -0.2) is 4.98 Å². The average Bonchev–Trinajstić information content (AvgIpc) is 3.46. The molecule has 0 aliphatic carbocycles. The van der Waals surface area contributed by atoms with Crippen LogP contribution in [0.4, 0.5) is 5.13 Å². The highest BCUT2D eigenvalue weighted by Crippen LogP contribution is 2.27. The highest BCUT2D eigenvalue weighted by molar-refractivity contribution is 7.99. The molecular weight excluding hydrogens is 525 g/mol. The van der Waals surface area contributed by atoms with Crippen LogP contribution in [0.1, 0.15) is 11.4 Å². The van der Waals surface area contributed by atoms with E-state index in [1.54, 1.807) is 30.3 Å². The van der Waals surface area contributed by atoms with Crippen molar-refractivity contribution in [3.05, 3.63) is 81.9 Å². The minimum Gasteiger partial charge on any atom is -0.486 e. The number of nitrogens with one attached hydrogen (secondary N) is 1. The van der Waals surface area contributed by atoms with E-state index in [2.05, 4.69) is 27.1 Å². The van der Waals surface area contributed by atoms with Gasteiger partial charge in [-0.2, -0.15) is 0 Å². The number of hydrogen-bond donors (Lipinski definition) is 1. The zero-order valence-electron chi connectivity index (χ0n) is 18.7. The normalized spacial score (nSPS) is 10.8. The maximum Gasteiger partial charge on any atom is 0.236 e. The molecule has 35 heavy (non-hydrogen) atoms. The second-order valence-corrected chi connectivity index (χ2v) is 10.0. The second kappa shape index (κ2) is 11.7. The fraction of sp³-hybridized carbons (Fsp3) is 0.167. The Morgan fingerprint density at radius 3 is 2.77 bits per heavy atom. The number of rotatable bonds is 10. The van der Waals surface area contributed by atoms with E-state index in [1.165, 1.54) is 23.1 Å². The van der Waals surface area contributed by atoms with Gasteiger partial charge in [0.15, 0.2) is 16.1 Å². The van der Waals surface area contributed by atoms with Gasteiger partial charge < -0.3 is 10.1 Å². The zero-order chi connectivity index (χ0) is 24.8.